The highest BCUT2D eigenvalue weighted by atomic mass is 32.2. The van der Waals surface area contributed by atoms with Crippen LogP contribution in [0.5, 0.6) is 0 Å². The summed E-state index contributed by atoms with van der Waals surface area (Å²) in [6.07, 6.45) is 1.13. The lowest BCUT2D eigenvalue weighted by Gasteiger charge is -2.36. The van der Waals surface area contributed by atoms with Crippen LogP contribution in [-0.2, 0) is 10.0 Å². The third-order valence-electron chi connectivity index (χ3n) is 4.36. The predicted molar refractivity (Wildman–Crippen MR) is 70.8 cm³/mol. The minimum absolute atomic E-state index is 0.0131. The monoisotopic (exact) mass is 313 g/mol. The summed E-state index contributed by atoms with van der Waals surface area (Å²) in [4.78, 5) is 0. The lowest BCUT2D eigenvalue weighted by Crippen LogP contribution is -2.52. The fraction of sp³-hybridized carbons (Fsp3) is 1.00. The summed E-state index contributed by atoms with van der Waals surface area (Å²) in [6.45, 7) is 0.0131. The quantitative estimate of drug-likeness (QED) is 0.801. The molecule has 1 saturated heterocycles. The molecule has 0 N–H and O–H groups in total. The number of hydrogen-bond donors (Lipinski definition) is 0. The van der Waals surface area contributed by atoms with E-state index in [0.717, 1.165) is 36.4 Å². The molecule has 1 unspecified atom stereocenters. The summed E-state index contributed by atoms with van der Waals surface area (Å²) < 4.78 is 64.4. The van der Waals surface area contributed by atoms with Gasteiger partial charge in [-0.3, -0.25) is 0 Å². The summed E-state index contributed by atoms with van der Waals surface area (Å²) >= 11 is 0. The molecule has 0 aromatic heterocycles. The Bertz CT molecular complexity index is 416. The van der Waals surface area contributed by atoms with Crippen LogP contribution in [0.4, 0.5) is 13.2 Å². The van der Waals surface area contributed by atoms with Gasteiger partial charge < -0.3 is 0 Å². The van der Waals surface area contributed by atoms with Gasteiger partial charge in [0.15, 0.2) is 0 Å². The standard InChI is InChI=1S/C13H22F3NO2S/c14-13(15,16)12-8-4-5-9-17(12)20(18,19)10-11-6-2-1-3-7-11/h11-12H,1-10H2. The molecule has 0 bridgehead atoms. The van der Waals surface area contributed by atoms with Gasteiger partial charge in [0.05, 0.1) is 5.75 Å². The van der Waals surface area contributed by atoms with Crippen LogP contribution >= 0.6 is 0 Å². The molecule has 1 saturated carbocycles. The van der Waals surface area contributed by atoms with Crippen LogP contribution in [0.3, 0.4) is 0 Å². The molecule has 1 aliphatic carbocycles. The van der Waals surface area contributed by atoms with E-state index >= 15 is 0 Å². The van der Waals surface area contributed by atoms with Crippen LogP contribution in [0.1, 0.15) is 51.4 Å². The maximum Gasteiger partial charge on any atom is 0.405 e. The van der Waals surface area contributed by atoms with Crippen molar-refractivity contribution in [3.8, 4) is 0 Å². The molecule has 3 nitrogen and oxygen atoms in total. The summed E-state index contributed by atoms with van der Waals surface area (Å²) in [6, 6.07) is -1.81. The van der Waals surface area contributed by atoms with Gasteiger partial charge in [-0.2, -0.15) is 17.5 Å². The maximum absolute atomic E-state index is 13.0. The first-order chi connectivity index (χ1) is 9.31. The maximum atomic E-state index is 13.0. The molecule has 0 spiro atoms. The third-order valence-corrected chi connectivity index (χ3v) is 6.40. The smallest absolute Gasteiger partial charge is 0.212 e. The molecule has 1 aliphatic heterocycles. The molecule has 1 atom stereocenters. The number of piperidine rings is 1. The Hall–Kier alpha value is -0.300. The molecule has 20 heavy (non-hydrogen) atoms. The van der Waals surface area contributed by atoms with Crippen molar-refractivity contribution in [1.82, 2.24) is 4.31 Å². The van der Waals surface area contributed by atoms with Crippen molar-refractivity contribution in [3.05, 3.63) is 0 Å². The van der Waals surface area contributed by atoms with Crippen molar-refractivity contribution < 1.29 is 21.6 Å². The SMILES string of the molecule is O=S(=O)(CC1CCCCC1)N1CCCCC1C(F)(F)F. The molecule has 7 heteroatoms. The van der Waals surface area contributed by atoms with Crippen LogP contribution in [0.15, 0.2) is 0 Å². The zero-order valence-corrected chi connectivity index (χ0v) is 12.3. The molecule has 0 aromatic rings. The molecular formula is C13H22F3NO2S. The third kappa shape index (κ3) is 3.87. The molecular weight excluding hydrogens is 291 g/mol. The molecule has 118 valence electrons. The summed E-state index contributed by atoms with van der Waals surface area (Å²) in [5.74, 6) is -0.0795. The van der Waals surface area contributed by atoms with E-state index in [1.54, 1.807) is 0 Å². The van der Waals surface area contributed by atoms with Crippen molar-refractivity contribution in [3.63, 3.8) is 0 Å². The van der Waals surface area contributed by atoms with Crippen molar-refractivity contribution in [2.75, 3.05) is 12.3 Å². The number of hydrogen-bond acceptors (Lipinski definition) is 2. The largest absolute Gasteiger partial charge is 0.405 e. The van der Waals surface area contributed by atoms with Gasteiger partial charge >= 0.3 is 6.18 Å². The fourth-order valence-corrected chi connectivity index (χ4v) is 5.45. The van der Waals surface area contributed by atoms with Gasteiger partial charge in [-0.15, -0.1) is 0 Å². The summed E-state index contributed by atoms with van der Waals surface area (Å²) in [7, 11) is -3.80. The van der Waals surface area contributed by atoms with E-state index in [1.165, 1.54) is 0 Å². The van der Waals surface area contributed by atoms with Crippen molar-refractivity contribution in [2.24, 2.45) is 5.92 Å². The lowest BCUT2D eigenvalue weighted by atomic mass is 9.91. The number of nitrogens with zero attached hydrogens (tertiary/aromatic N) is 1. The van der Waals surface area contributed by atoms with Gasteiger partial charge in [-0.1, -0.05) is 25.7 Å². The van der Waals surface area contributed by atoms with Gasteiger partial charge in [0.25, 0.3) is 0 Å². The second-order valence-electron chi connectivity index (χ2n) is 5.95. The van der Waals surface area contributed by atoms with Crippen molar-refractivity contribution >= 4 is 10.0 Å². The van der Waals surface area contributed by atoms with Crippen LogP contribution < -0.4 is 0 Å². The highest BCUT2D eigenvalue weighted by Crippen LogP contribution is 2.35. The summed E-state index contributed by atoms with van der Waals surface area (Å²) in [5, 5.41) is 0. The number of sulfonamides is 1. The fourth-order valence-electron chi connectivity index (χ4n) is 3.31. The van der Waals surface area contributed by atoms with E-state index in [-0.39, 0.29) is 24.6 Å². The molecule has 0 radical (unpaired) electrons. The molecule has 2 rings (SSSR count). The summed E-state index contributed by atoms with van der Waals surface area (Å²) in [5.41, 5.74) is 0. The first kappa shape index (κ1) is 16.1. The normalized spacial score (nSPS) is 27.6. The molecule has 0 amide bonds. The van der Waals surface area contributed by atoms with Gasteiger partial charge in [-0.25, -0.2) is 8.42 Å². The number of alkyl halides is 3. The first-order valence-electron chi connectivity index (χ1n) is 7.37. The zero-order chi connectivity index (χ0) is 14.8. The van der Waals surface area contributed by atoms with Gasteiger partial charge in [-0.05, 0) is 31.6 Å². The number of rotatable bonds is 3. The molecule has 1 heterocycles. The van der Waals surface area contributed by atoms with Gasteiger partial charge in [0.1, 0.15) is 6.04 Å². The van der Waals surface area contributed by atoms with Crippen molar-refractivity contribution in [1.29, 1.82) is 0 Å². The average Bonchev–Trinajstić information content (AvgIpc) is 2.38. The van der Waals surface area contributed by atoms with E-state index in [2.05, 4.69) is 0 Å². The van der Waals surface area contributed by atoms with Crippen LogP contribution in [-0.4, -0.2) is 37.2 Å². The van der Waals surface area contributed by atoms with E-state index < -0.39 is 22.2 Å². The van der Waals surface area contributed by atoms with Crippen molar-refractivity contribution in [2.45, 2.75) is 63.6 Å². The second-order valence-corrected chi connectivity index (χ2v) is 7.91. The van der Waals surface area contributed by atoms with E-state index in [9.17, 15) is 21.6 Å². The Kier molecular flexibility index (Phi) is 5.00. The van der Waals surface area contributed by atoms with E-state index in [0.29, 0.717) is 12.8 Å². The molecule has 2 fully saturated rings. The Labute approximate surface area is 118 Å². The Morgan fingerprint density at radius 1 is 0.950 bits per heavy atom. The molecule has 0 aromatic carbocycles. The predicted octanol–water partition coefficient (Wildman–Crippen LogP) is 3.31. The Balaban J connectivity index is 2.09. The van der Waals surface area contributed by atoms with Crippen LogP contribution in [0, 0.1) is 5.92 Å². The zero-order valence-electron chi connectivity index (χ0n) is 11.5. The minimum atomic E-state index is -4.46. The Morgan fingerprint density at radius 3 is 2.15 bits per heavy atom. The highest BCUT2D eigenvalue weighted by Gasteiger charge is 2.48. The minimum Gasteiger partial charge on any atom is -0.212 e. The van der Waals surface area contributed by atoms with Gasteiger partial charge in [0.2, 0.25) is 10.0 Å². The van der Waals surface area contributed by atoms with Crippen LogP contribution in [0.2, 0.25) is 0 Å². The lowest BCUT2D eigenvalue weighted by molar-refractivity contribution is -0.177. The van der Waals surface area contributed by atoms with E-state index in [4.69, 9.17) is 0 Å². The van der Waals surface area contributed by atoms with Crippen LogP contribution in [0.25, 0.3) is 0 Å². The second kappa shape index (κ2) is 6.22. The first-order valence-corrected chi connectivity index (χ1v) is 8.98. The average molecular weight is 313 g/mol. The highest BCUT2D eigenvalue weighted by molar-refractivity contribution is 7.89. The molecule has 2 aliphatic rings. The topological polar surface area (TPSA) is 37.4 Å². The van der Waals surface area contributed by atoms with E-state index in [1.807, 2.05) is 0 Å². The Morgan fingerprint density at radius 2 is 1.55 bits per heavy atom. The number of halogens is 3. The van der Waals surface area contributed by atoms with Gasteiger partial charge in [0, 0.05) is 6.54 Å².